The van der Waals surface area contributed by atoms with Crippen LogP contribution in [0.25, 0.3) is 0 Å². The minimum absolute atomic E-state index is 1.19. The SMILES string of the molecule is CCCCCCCCCCCCCCCC[n+]1ccc(CCCC)cc1. The molecule has 26 heavy (non-hydrogen) atoms. The fourth-order valence-electron chi connectivity index (χ4n) is 3.67. The van der Waals surface area contributed by atoms with Crippen LogP contribution in [-0.2, 0) is 13.0 Å². The van der Waals surface area contributed by atoms with Gasteiger partial charge in [0.2, 0.25) is 0 Å². The van der Waals surface area contributed by atoms with Gasteiger partial charge in [0.15, 0.2) is 12.4 Å². The zero-order valence-corrected chi connectivity index (χ0v) is 18.0. The van der Waals surface area contributed by atoms with Gasteiger partial charge in [-0.2, -0.15) is 0 Å². The maximum atomic E-state index is 2.36. The van der Waals surface area contributed by atoms with Crippen molar-refractivity contribution in [1.82, 2.24) is 0 Å². The maximum Gasteiger partial charge on any atom is 0.169 e. The van der Waals surface area contributed by atoms with Crippen molar-refractivity contribution in [3.63, 3.8) is 0 Å². The largest absolute Gasteiger partial charge is 0.205 e. The van der Waals surface area contributed by atoms with Gasteiger partial charge in [-0.25, -0.2) is 4.57 Å². The Labute approximate surface area is 164 Å². The van der Waals surface area contributed by atoms with Gasteiger partial charge < -0.3 is 0 Å². The Kier molecular flexibility index (Phi) is 15.7. The van der Waals surface area contributed by atoms with Gasteiger partial charge in [0.05, 0.1) is 0 Å². The molecule has 150 valence electrons. The second-order valence-corrected chi connectivity index (χ2v) is 8.14. The third kappa shape index (κ3) is 13.4. The molecule has 1 aromatic heterocycles. The zero-order valence-electron chi connectivity index (χ0n) is 18.0. The quantitative estimate of drug-likeness (QED) is 0.186. The van der Waals surface area contributed by atoms with Gasteiger partial charge in [-0.1, -0.05) is 97.3 Å². The Morgan fingerprint density at radius 1 is 0.538 bits per heavy atom. The van der Waals surface area contributed by atoms with E-state index in [9.17, 15) is 0 Å². The van der Waals surface area contributed by atoms with Crippen molar-refractivity contribution in [3.05, 3.63) is 30.1 Å². The third-order valence-electron chi connectivity index (χ3n) is 5.55. The van der Waals surface area contributed by atoms with E-state index in [1.54, 1.807) is 0 Å². The number of aromatic nitrogens is 1. The van der Waals surface area contributed by atoms with Gasteiger partial charge >= 0.3 is 0 Å². The minimum atomic E-state index is 1.19. The summed E-state index contributed by atoms with van der Waals surface area (Å²) in [6, 6.07) is 4.61. The van der Waals surface area contributed by atoms with Crippen molar-refractivity contribution in [2.24, 2.45) is 0 Å². The topological polar surface area (TPSA) is 3.88 Å². The number of nitrogens with zero attached hydrogens (tertiary/aromatic N) is 1. The van der Waals surface area contributed by atoms with Crippen LogP contribution in [0.15, 0.2) is 24.5 Å². The van der Waals surface area contributed by atoms with Crippen LogP contribution in [0.1, 0.15) is 122 Å². The summed E-state index contributed by atoms with van der Waals surface area (Å²) < 4.78 is 2.36. The van der Waals surface area contributed by atoms with Crippen LogP contribution in [0.5, 0.6) is 0 Å². The summed E-state index contributed by atoms with van der Waals surface area (Å²) in [5.74, 6) is 0. The molecular formula is C25H46N+. The lowest BCUT2D eigenvalue weighted by molar-refractivity contribution is -0.697. The molecule has 0 spiro atoms. The highest BCUT2D eigenvalue weighted by atomic mass is 14.9. The van der Waals surface area contributed by atoms with Crippen molar-refractivity contribution < 1.29 is 4.57 Å². The predicted molar refractivity (Wildman–Crippen MR) is 116 cm³/mol. The van der Waals surface area contributed by atoms with Crippen LogP contribution in [0.2, 0.25) is 0 Å². The Hall–Kier alpha value is -0.850. The molecule has 0 aliphatic carbocycles. The first kappa shape index (κ1) is 23.2. The van der Waals surface area contributed by atoms with E-state index in [0.717, 1.165) is 0 Å². The van der Waals surface area contributed by atoms with Crippen LogP contribution < -0.4 is 4.57 Å². The number of hydrogen-bond acceptors (Lipinski definition) is 0. The molecule has 0 saturated heterocycles. The molecule has 0 fully saturated rings. The van der Waals surface area contributed by atoms with Gasteiger partial charge in [-0.15, -0.1) is 0 Å². The molecule has 1 aromatic rings. The summed E-state index contributed by atoms with van der Waals surface area (Å²) in [4.78, 5) is 0. The monoisotopic (exact) mass is 360 g/mol. The van der Waals surface area contributed by atoms with Gasteiger partial charge in [0.1, 0.15) is 6.54 Å². The molecule has 0 unspecified atom stereocenters. The van der Waals surface area contributed by atoms with Crippen molar-refractivity contribution >= 4 is 0 Å². The molecule has 0 aromatic carbocycles. The second-order valence-electron chi connectivity index (χ2n) is 8.14. The van der Waals surface area contributed by atoms with Crippen LogP contribution in [0, 0.1) is 0 Å². The highest BCUT2D eigenvalue weighted by molar-refractivity contribution is 5.06. The van der Waals surface area contributed by atoms with Crippen LogP contribution >= 0.6 is 0 Å². The summed E-state index contributed by atoms with van der Waals surface area (Å²) in [5, 5.41) is 0. The first-order chi connectivity index (χ1) is 12.9. The van der Waals surface area contributed by atoms with Gasteiger partial charge in [0, 0.05) is 18.6 Å². The van der Waals surface area contributed by atoms with E-state index >= 15 is 0 Å². The molecule has 0 saturated carbocycles. The Morgan fingerprint density at radius 3 is 1.42 bits per heavy atom. The average Bonchev–Trinajstić information content (AvgIpc) is 2.67. The van der Waals surface area contributed by atoms with Gasteiger partial charge in [0.25, 0.3) is 0 Å². The number of unbranched alkanes of at least 4 members (excludes halogenated alkanes) is 14. The molecule has 1 rings (SSSR count). The van der Waals surface area contributed by atoms with Crippen molar-refractivity contribution in [3.8, 4) is 0 Å². The Morgan fingerprint density at radius 2 is 0.962 bits per heavy atom. The smallest absolute Gasteiger partial charge is 0.169 e. The molecule has 0 atom stereocenters. The Balaban J connectivity index is 1.84. The molecular weight excluding hydrogens is 314 g/mol. The van der Waals surface area contributed by atoms with E-state index < -0.39 is 0 Å². The van der Waals surface area contributed by atoms with Crippen LogP contribution in [0.3, 0.4) is 0 Å². The Bertz CT molecular complexity index is 395. The fourth-order valence-corrected chi connectivity index (χ4v) is 3.67. The molecule has 0 N–H and O–H groups in total. The van der Waals surface area contributed by atoms with E-state index in [0.29, 0.717) is 0 Å². The zero-order chi connectivity index (χ0) is 18.7. The van der Waals surface area contributed by atoms with E-state index in [4.69, 9.17) is 0 Å². The van der Waals surface area contributed by atoms with Gasteiger partial charge in [-0.3, -0.25) is 0 Å². The molecule has 1 nitrogen and oxygen atoms in total. The molecule has 0 amide bonds. The highest BCUT2D eigenvalue weighted by Gasteiger charge is 2.01. The molecule has 1 heterocycles. The van der Waals surface area contributed by atoms with Gasteiger partial charge in [-0.05, 0) is 24.8 Å². The second kappa shape index (κ2) is 17.6. The van der Waals surface area contributed by atoms with Crippen LogP contribution in [-0.4, -0.2) is 0 Å². The molecule has 0 bridgehead atoms. The molecule has 0 aliphatic heterocycles. The molecule has 0 radical (unpaired) electrons. The first-order valence-corrected chi connectivity index (χ1v) is 11.8. The average molecular weight is 361 g/mol. The maximum absolute atomic E-state index is 2.36. The normalized spacial score (nSPS) is 11.2. The number of hydrogen-bond donors (Lipinski definition) is 0. The lowest BCUT2D eigenvalue weighted by Crippen LogP contribution is -2.32. The van der Waals surface area contributed by atoms with Crippen LogP contribution in [0.4, 0.5) is 0 Å². The van der Waals surface area contributed by atoms with E-state index in [1.807, 2.05) is 0 Å². The van der Waals surface area contributed by atoms with E-state index in [1.165, 1.54) is 121 Å². The van der Waals surface area contributed by atoms with Crippen molar-refractivity contribution in [2.45, 2.75) is 130 Å². The van der Waals surface area contributed by atoms with Crippen molar-refractivity contribution in [1.29, 1.82) is 0 Å². The third-order valence-corrected chi connectivity index (χ3v) is 5.55. The summed E-state index contributed by atoms with van der Waals surface area (Å²) >= 11 is 0. The summed E-state index contributed by atoms with van der Waals surface area (Å²) in [5.41, 5.74) is 1.49. The van der Waals surface area contributed by atoms with E-state index in [2.05, 4.69) is 42.9 Å². The summed E-state index contributed by atoms with van der Waals surface area (Å²) in [6.07, 6.45) is 28.5. The minimum Gasteiger partial charge on any atom is -0.205 e. The summed E-state index contributed by atoms with van der Waals surface area (Å²) in [6.45, 7) is 5.75. The van der Waals surface area contributed by atoms with E-state index in [-0.39, 0.29) is 0 Å². The summed E-state index contributed by atoms with van der Waals surface area (Å²) in [7, 11) is 0. The number of rotatable bonds is 18. The highest BCUT2D eigenvalue weighted by Crippen LogP contribution is 2.13. The van der Waals surface area contributed by atoms with Crippen molar-refractivity contribution in [2.75, 3.05) is 0 Å². The standard InChI is InChI=1S/C25H46N/c1-3-5-7-8-9-10-11-12-13-14-15-16-17-18-22-26-23-20-25(21-24-26)19-6-4-2/h20-21,23-24H,3-19,22H2,1-2H3/q+1. The number of pyridine rings is 1. The molecule has 1 heteroatoms. The fraction of sp³-hybridized carbons (Fsp3) is 0.800. The predicted octanol–water partition coefficient (Wildman–Crippen LogP) is 7.80. The lowest BCUT2D eigenvalue weighted by Gasteiger charge is -2.03. The number of aryl methyl sites for hydroxylation is 2. The first-order valence-electron chi connectivity index (χ1n) is 11.8. The molecule has 0 aliphatic rings. The lowest BCUT2D eigenvalue weighted by atomic mass is 10.0.